The van der Waals surface area contributed by atoms with Gasteiger partial charge >= 0.3 is 17.1 Å². The third-order valence-corrected chi connectivity index (χ3v) is 6.36. The van der Waals surface area contributed by atoms with E-state index in [9.17, 15) is 28.8 Å². The second-order valence-corrected chi connectivity index (χ2v) is 9.29. The monoisotopic (exact) mass is 564 g/mol. The summed E-state index contributed by atoms with van der Waals surface area (Å²) in [6.45, 7) is -0.156. The van der Waals surface area contributed by atoms with Gasteiger partial charge in [0.25, 0.3) is 0 Å². The molecule has 0 saturated carbocycles. The quantitative estimate of drug-likeness (QED) is 0.189. The molecule has 0 radical (unpaired) electrons. The largest absolute Gasteiger partial charge is 0.336 e. The molecule has 3 aromatic carbocycles. The van der Waals surface area contributed by atoms with E-state index in [4.69, 9.17) is 0 Å². The molecule has 0 aliphatic rings. The number of rotatable bonds is 12. The van der Waals surface area contributed by atoms with Crippen molar-refractivity contribution in [2.24, 2.45) is 15.0 Å². The van der Waals surface area contributed by atoms with Gasteiger partial charge < -0.3 is 0 Å². The lowest BCUT2D eigenvalue weighted by Crippen LogP contribution is -2.54. The molecule has 0 N–H and O–H groups in total. The summed E-state index contributed by atoms with van der Waals surface area (Å²) in [4.78, 5) is 83.2. The SMILES string of the molecule is O=C=NCc1cccc(Cn2c(=O)n(Cc3cccc(CN=C=O)c3)c(=O)n(Cc3cccc(CN=C=O)c3)c2=O)c1. The van der Waals surface area contributed by atoms with Crippen LogP contribution in [0.2, 0.25) is 0 Å². The van der Waals surface area contributed by atoms with Crippen molar-refractivity contribution in [2.45, 2.75) is 39.3 Å². The van der Waals surface area contributed by atoms with E-state index in [1.165, 1.54) is 18.2 Å². The highest BCUT2D eigenvalue weighted by atomic mass is 16.2. The van der Waals surface area contributed by atoms with Crippen LogP contribution in [0.4, 0.5) is 0 Å². The second kappa shape index (κ2) is 14.0. The van der Waals surface area contributed by atoms with Crippen LogP contribution < -0.4 is 17.1 Å². The van der Waals surface area contributed by atoms with E-state index in [1.54, 1.807) is 72.8 Å². The number of hydrogen-bond donors (Lipinski definition) is 0. The zero-order valence-electron chi connectivity index (χ0n) is 22.3. The van der Waals surface area contributed by atoms with Crippen LogP contribution in [0.1, 0.15) is 33.4 Å². The average Bonchev–Trinajstić information content (AvgIpc) is 3.01. The van der Waals surface area contributed by atoms with E-state index in [0.29, 0.717) is 33.4 Å². The lowest BCUT2D eigenvalue weighted by Gasteiger charge is -2.15. The number of aromatic nitrogens is 3. The fourth-order valence-corrected chi connectivity index (χ4v) is 4.49. The van der Waals surface area contributed by atoms with Crippen LogP contribution in [-0.2, 0) is 53.7 Å². The van der Waals surface area contributed by atoms with Crippen LogP contribution in [0.3, 0.4) is 0 Å². The summed E-state index contributed by atoms with van der Waals surface area (Å²) in [6.07, 6.45) is 4.44. The van der Waals surface area contributed by atoms with Gasteiger partial charge in [-0.1, -0.05) is 72.8 Å². The maximum atomic E-state index is 13.6. The summed E-state index contributed by atoms with van der Waals surface area (Å²) in [5.74, 6) is 0. The Balaban J connectivity index is 1.82. The summed E-state index contributed by atoms with van der Waals surface area (Å²) in [5.41, 5.74) is 1.41. The molecule has 12 nitrogen and oxygen atoms in total. The minimum Gasteiger partial charge on any atom is -0.247 e. The number of nitrogens with zero attached hydrogens (tertiary/aromatic N) is 6. The van der Waals surface area contributed by atoms with Crippen molar-refractivity contribution < 1.29 is 14.4 Å². The average molecular weight is 565 g/mol. The maximum absolute atomic E-state index is 13.6. The summed E-state index contributed by atoms with van der Waals surface area (Å²) in [5, 5.41) is 0. The van der Waals surface area contributed by atoms with Gasteiger partial charge in [0.1, 0.15) is 0 Å². The predicted octanol–water partition coefficient (Wildman–Crippen LogP) is 1.82. The zero-order valence-corrected chi connectivity index (χ0v) is 22.3. The van der Waals surface area contributed by atoms with Crippen molar-refractivity contribution in [3.05, 3.63) is 138 Å². The van der Waals surface area contributed by atoms with Crippen molar-refractivity contribution >= 4 is 18.2 Å². The van der Waals surface area contributed by atoms with E-state index >= 15 is 0 Å². The third-order valence-electron chi connectivity index (χ3n) is 6.36. The van der Waals surface area contributed by atoms with E-state index in [-0.39, 0.29) is 39.3 Å². The molecule has 0 bridgehead atoms. The smallest absolute Gasteiger partial charge is 0.247 e. The Bertz CT molecular complexity index is 1680. The molecule has 1 aromatic heterocycles. The lowest BCUT2D eigenvalue weighted by atomic mass is 10.1. The Morgan fingerprint density at radius 3 is 0.976 bits per heavy atom. The first kappa shape index (κ1) is 29.2. The molecule has 12 heteroatoms. The topological polar surface area (TPSA) is 154 Å². The fraction of sp³-hybridized carbons (Fsp3) is 0.200. The van der Waals surface area contributed by atoms with Crippen molar-refractivity contribution in [1.29, 1.82) is 0 Å². The highest BCUT2D eigenvalue weighted by Crippen LogP contribution is 2.10. The second-order valence-electron chi connectivity index (χ2n) is 9.29. The van der Waals surface area contributed by atoms with Crippen LogP contribution in [0, 0.1) is 0 Å². The number of carbonyl (C=O) groups excluding carboxylic acids is 3. The number of isocyanates is 3. The van der Waals surface area contributed by atoms with Gasteiger partial charge in [-0.25, -0.2) is 57.4 Å². The summed E-state index contributed by atoms with van der Waals surface area (Å²) in [6, 6.07) is 20.7. The molecule has 0 unspecified atom stereocenters. The molecule has 0 amide bonds. The highest BCUT2D eigenvalue weighted by molar-refractivity contribution is 5.35. The van der Waals surface area contributed by atoms with Crippen LogP contribution >= 0.6 is 0 Å². The first-order valence-electron chi connectivity index (χ1n) is 12.7. The Kier molecular flexibility index (Phi) is 9.75. The normalized spacial score (nSPS) is 10.3. The van der Waals surface area contributed by atoms with E-state index in [1.807, 2.05) is 0 Å². The molecular weight excluding hydrogens is 540 g/mol. The van der Waals surface area contributed by atoms with Gasteiger partial charge in [0.2, 0.25) is 18.2 Å². The van der Waals surface area contributed by atoms with Gasteiger partial charge in [-0.05, 0) is 33.4 Å². The Morgan fingerprint density at radius 1 is 0.452 bits per heavy atom. The Hall–Kier alpha value is -5.79. The van der Waals surface area contributed by atoms with Gasteiger partial charge in [-0.15, -0.1) is 0 Å². The summed E-state index contributed by atoms with van der Waals surface area (Å²) >= 11 is 0. The number of benzene rings is 3. The highest BCUT2D eigenvalue weighted by Gasteiger charge is 2.17. The van der Waals surface area contributed by atoms with Crippen molar-refractivity contribution in [3.63, 3.8) is 0 Å². The molecule has 42 heavy (non-hydrogen) atoms. The van der Waals surface area contributed by atoms with Crippen molar-refractivity contribution in [1.82, 2.24) is 13.7 Å². The van der Waals surface area contributed by atoms with Gasteiger partial charge in [0.05, 0.1) is 39.3 Å². The minimum atomic E-state index is -0.803. The van der Waals surface area contributed by atoms with E-state index < -0.39 is 17.1 Å². The molecule has 0 saturated heterocycles. The Morgan fingerprint density at radius 2 is 0.714 bits per heavy atom. The zero-order chi connectivity index (χ0) is 29.9. The molecule has 0 atom stereocenters. The molecule has 210 valence electrons. The molecule has 4 aromatic rings. The summed E-state index contributed by atoms with van der Waals surface area (Å²) in [7, 11) is 0. The Labute approximate surface area is 238 Å². The molecule has 0 fully saturated rings. The molecular formula is C30H24N6O6. The van der Waals surface area contributed by atoms with Gasteiger partial charge in [0, 0.05) is 0 Å². The van der Waals surface area contributed by atoms with Crippen LogP contribution in [0.15, 0.2) is 102 Å². The number of hydrogen-bond acceptors (Lipinski definition) is 9. The molecule has 0 spiro atoms. The third kappa shape index (κ3) is 7.24. The van der Waals surface area contributed by atoms with Gasteiger partial charge in [-0.3, -0.25) is 0 Å². The van der Waals surface area contributed by atoms with Gasteiger partial charge in [0.15, 0.2) is 0 Å². The van der Waals surface area contributed by atoms with Crippen molar-refractivity contribution in [2.75, 3.05) is 0 Å². The van der Waals surface area contributed by atoms with E-state index in [2.05, 4.69) is 15.0 Å². The lowest BCUT2D eigenvalue weighted by molar-refractivity contribution is 0.491. The van der Waals surface area contributed by atoms with Crippen molar-refractivity contribution in [3.8, 4) is 0 Å². The number of aliphatic imine (C=N–C) groups is 3. The van der Waals surface area contributed by atoms with Gasteiger partial charge in [-0.2, -0.15) is 0 Å². The fourth-order valence-electron chi connectivity index (χ4n) is 4.49. The van der Waals surface area contributed by atoms with Crippen LogP contribution in [0.5, 0.6) is 0 Å². The first-order chi connectivity index (χ1) is 20.4. The van der Waals surface area contributed by atoms with E-state index in [0.717, 1.165) is 13.7 Å². The van der Waals surface area contributed by atoms with Crippen LogP contribution in [0.25, 0.3) is 0 Å². The standard InChI is InChI=1S/C30H24N6O6/c37-19-31-13-22-4-1-7-25(10-22)16-34-28(40)35(17-26-8-2-5-23(11-26)14-32-20-38)30(42)36(29(34)41)18-27-9-3-6-24(12-27)15-33-21-39/h1-12H,13-18H2. The van der Waals surface area contributed by atoms with Crippen LogP contribution in [-0.4, -0.2) is 31.9 Å². The molecule has 0 aliphatic carbocycles. The molecule has 1 heterocycles. The first-order valence-corrected chi connectivity index (χ1v) is 12.7. The maximum Gasteiger partial charge on any atom is 0.336 e. The summed E-state index contributed by atoms with van der Waals surface area (Å²) < 4.78 is 2.93. The molecule has 0 aliphatic heterocycles. The minimum absolute atomic E-state index is 0.0882. The predicted molar refractivity (Wildman–Crippen MR) is 151 cm³/mol. The molecule has 4 rings (SSSR count).